The molecular formula is C34H30Cl2N8O4S. The third kappa shape index (κ3) is 8.13. The molecule has 0 fully saturated rings. The minimum Gasteiger partial charge on any atom is -0.467 e. The van der Waals surface area contributed by atoms with Gasteiger partial charge in [-0.15, -0.1) is 11.3 Å². The smallest absolute Gasteiger partial charge is 0.328 e. The van der Waals surface area contributed by atoms with Gasteiger partial charge in [-0.1, -0.05) is 29.3 Å². The first kappa shape index (κ1) is 33.8. The van der Waals surface area contributed by atoms with Crippen molar-refractivity contribution in [3.63, 3.8) is 0 Å². The Morgan fingerprint density at radius 3 is 2.02 bits per heavy atom. The standard InChI is InChI=1S/C18H15ClN4OS.C16H15ClN4O3/c19-12-3-4-14-15(9-12)22-16(24)8-11-10-21-18(23-17(11)14)20-6-5-13-2-1-7-25-13;1-8(15(23)24-2)19-16-18-7-9-5-13(22)20-12-6-10(17)3-4-11(12)14(9)21-16/h1-4,7,9-10H,5-6,8H2,(H,22,24)(H,20,21,23);3-4,6-8H,5H2,1-2H3,(H,20,22)(H,18,19,21)/t;8-/m.1/s1. The summed E-state index contributed by atoms with van der Waals surface area (Å²) in [5.41, 5.74) is 5.77. The summed E-state index contributed by atoms with van der Waals surface area (Å²) < 4.78 is 4.67. The number of esters is 1. The SMILES string of the molecule is COC(=O)[C@@H](C)Nc1ncc2c(n1)-c1ccc(Cl)cc1NC(=O)C2.O=C1Cc2cnc(NCCc3cccs3)nc2-c2ccc(Cl)cc2N1. The topological polar surface area (TPSA) is 160 Å². The van der Waals surface area contributed by atoms with Gasteiger partial charge in [0.05, 0.1) is 42.7 Å². The van der Waals surface area contributed by atoms with Gasteiger partial charge in [0.2, 0.25) is 23.7 Å². The number of anilines is 4. The zero-order chi connectivity index (χ0) is 34.5. The molecule has 2 aliphatic heterocycles. The number of hydrogen-bond acceptors (Lipinski definition) is 11. The molecule has 2 aromatic carbocycles. The van der Waals surface area contributed by atoms with Crippen LogP contribution < -0.4 is 21.3 Å². The summed E-state index contributed by atoms with van der Waals surface area (Å²) in [5, 5.41) is 15.0. The zero-order valence-corrected chi connectivity index (χ0v) is 28.7. The summed E-state index contributed by atoms with van der Waals surface area (Å²) in [6, 6.07) is 14.2. The van der Waals surface area contributed by atoms with E-state index in [0.717, 1.165) is 35.3 Å². The highest BCUT2D eigenvalue weighted by atomic mass is 35.5. The van der Waals surface area contributed by atoms with E-state index in [1.807, 2.05) is 12.1 Å². The number of ether oxygens (including phenoxy) is 1. The van der Waals surface area contributed by atoms with E-state index in [-0.39, 0.29) is 30.6 Å². The van der Waals surface area contributed by atoms with Crippen LogP contribution in [0.25, 0.3) is 22.5 Å². The number of carbonyl (C=O) groups excluding carboxylic acids is 3. The molecule has 0 saturated heterocycles. The van der Waals surface area contributed by atoms with E-state index in [4.69, 9.17) is 23.2 Å². The first-order valence-electron chi connectivity index (χ1n) is 15.2. The van der Waals surface area contributed by atoms with Crippen LogP contribution in [0.3, 0.4) is 0 Å². The van der Waals surface area contributed by atoms with Crippen LogP contribution in [0, 0.1) is 0 Å². The fourth-order valence-corrected chi connectivity index (χ4v) is 6.32. The largest absolute Gasteiger partial charge is 0.467 e. The van der Waals surface area contributed by atoms with E-state index in [0.29, 0.717) is 38.6 Å². The van der Waals surface area contributed by atoms with Gasteiger partial charge in [0.1, 0.15) is 6.04 Å². The van der Waals surface area contributed by atoms with Gasteiger partial charge in [0.15, 0.2) is 0 Å². The molecule has 0 bridgehead atoms. The predicted octanol–water partition coefficient (Wildman–Crippen LogP) is 6.27. The van der Waals surface area contributed by atoms with Crippen molar-refractivity contribution in [2.24, 2.45) is 0 Å². The fraction of sp³-hybridized carbons (Fsp3) is 0.206. The van der Waals surface area contributed by atoms with Crippen LogP contribution in [0.1, 0.15) is 22.9 Å². The van der Waals surface area contributed by atoms with E-state index in [9.17, 15) is 14.4 Å². The lowest BCUT2D eigenvalue weighted by Gasteiger charge is -2.13. The summed E-state index contributed by atoms with van der Waals surface area (Å²) in [4.78, 5) is 54.6. The van der Waals surface area contributed by atoms with Crippen molar-refractivity contribution in [3.8, 4) is 22.5 Å². The molecule has 3 aromatic heterocycles. The van der Waals surface area contributed by atoms with Gasteiger partial charge in [-0.2, -0.15) is 0 Å². The summed E-state index contributed by atoms with van der Waals surface area (Å²) in [5.74, 6) is 0.166. The van der Waals surface area contributed by atoms with Crippen LogP contribution in [0.5, 0.6) is 0 Å². The first-order valence-corrected chi connectivity index (χ1v) is 16.8. The maximum absolute atomic E-state index is 12.1. The van der Waals surface area contributed by atoms with Crippen LogP contribution in [-0.4, -0.2) is 57.4 Å². The lowest BCUT2D eigenvalue weighted by atomic mass is 10.1. The van der Waals surface area contributed by atoms with Gasteiger partial charge in [0.25, 0.3) is 0 Å². The van der Waals surface area contributed by atoms with Crippen molar-refractivity contribution in [3.05, 3.63) is 92.4 Å². The molecule has 0 saturated carbocycles. The highest BCUT2D eigenvalue weighted by molar-refractivity contribution is 7.09. The molecule has 250 valence electrons. The Kier molecular flexibility index (Phi) is 10.3. The molecule has 7 rings (SSSR count). The molecule has 5 heterocycles. The molecule has 4 N–H and O–H groups in total. The van der Waals surface area contributed by atoms with Crippen LogP contribution in [-0.2, 0) is 38.4 Å². The Hall–Kier alpha value is -5.11. The maximum atomic E-state index is 12.1. The van der Waals surface area contributed by atoms with Gasteiger partial charge in [0, 0.05) is 56.1 Å². The Morgan fingerprint density at radius 2 is 1.47 bits per heavy atom. The van der Waals surface area contributed by atoms with E-state index < -0.39 is 12.0 Å². The number of nitrogens with one attached hydrogen (secondary N) is 4. The number of nitrogens with zero attached hydrogens (tertiary/aromatic N) is 4. The summed E-state index contributed by atoms with van der Waals surface area (Å²) in [6.07, 6.45) is 4.63. The van der Waals surface area contributed by atoms with Crippen LogP contribution in [0.2, 0.25) is 10.0 Å². The van der Waals surface area contributed by atoms with Crippen LogP contribution >= 0.6 is 34.5 Å². The number of amides is 2. The first-order chi connectivity index (χ1) is 23.7. The lowest BCUT2D eigenvalue weighted by molar-refractivity contribution is -0.141. The van der Waals surface area contributed by atoms with Gasteiger partial charge in [-0.3, -0.25) is 9.59 Å². The monoisotopic (exact) mass is 716 g/mol. The average molecular weight is 718 g/mol. The van der Waals surface area contributed by atoms with Crippen molar-refractivity contribution >= 4 is 75.6 Å². The third-order valence-electron chi connectivity index (χ3n) is 7.59. The second-order valence-corrected chi connectivity index (χ2v) is 13.0. The molecular weight excluding hydrogens is 687 g/mol. The molecule has 2 amide bonds. The van der Waals surface area contributed by atoms with E-state index in [2.05, 4.69) is 57.4 Å². The Bertz CT molecular complexity index is 2040. The van der Waals surface area contributed by atoms with Crippen molar-refractivity contribution in [1.82, 2.24) is 19.9 Å². The minimum atomic E-state index is -0.594. The number of methoxy groups -OCH3 is 1. The Balaban J connectivity index is 0.000000170. The molecule has 15 heteroatoms. The molecule has 12 nitrogen and oxygen atoms in total. The summed E-state index contributed by atoms with van der Waals surface area (Å²) in [6.45, 7) is 2.41. The highest BCUT2D eigenvalue weighted by Crippen LogP contribution is 2.36. The number of rotatable bonds is 7. The predicted molar refractivity (Wildman–Crippen MR) is 191 cm³/mol. The molecule has 0 unspecified atom stereocenters. The quantitative estimate of drug-likeness (QED) is 0.141. The second kappa shape index (κ2) is 15.0. The molecule has 0 spiro atoms. The van der Waals surface area contributed by atoms with Crippen LogP contribution in [0.15, 0.2) is 66.3 Å². The van der Waals surface area contributed by atoms with Crippen molar-refractivity contribution in [2.75, 3.05) is 34.9 Å². The average Bonchev–Trinajstić information content (AvgIpc) is 3.50. The molecule has 0 radical (unpaired) electrons. The number of halogens is 2. The molecule has 5 aromatic rings. The summed E-state index contributed by atoms with van der Waals surface area (Å²) >= 11 is 13.8. The van der Waals surface area contributed by atoms with E-state index >= 15 is 0 Å². The third-order valence-corrected chi connectivity index (χ3v) is 8.99. The number of fused-ring (bicyclic) bond motifs is 6. The number of hydrogen-bond donors (Lipinski definition) is 4. The van der Waals surface area contributed by atoms with Gasteiger partial charge in [-0.05, 0) is 61.2 Å². The number of carbonyl (C=O) groups is 3. The van der Waals surface area contributed by atoms with E-state index in [1.54, 1.807) is 61.0 Å². The molecule has 49 heavy (non-hydrogen) atoms. The van der Waals surface area contributed by atoms with E-state index in [1.165, 1.54) is 12.0 Å². The van der Waals surface area contributed by atoms with Crippen molar-refractivity contribution in [1.29, 1.82) is 0 Å². The number of aromatic nitrogens is 4. The summed E-state index contributed by atoms with van der Waals surface area (Å²) in [7, 11) is 1.32. The van der Waals surface area contributed by atoms with Crippen molar-refractivity contribution in [2.45, 2.75) is 32.2 Å². The Labute approximate surface area is 295 Å². The van der Waals surface area contributed by atoms with Gasteiger partial charge < -0.3 is 26.0 Å². The highest BCUT2D eigenvalue weighted by Gasteiger charge is 2.23. The number of thiophene rings is 1. The van der Waals surface area contributed by atoms with Gasteiger partial charge >= 0.3 is 5.97 Å². The molecule has 0 aliphatic carbocycles. The number of benzene rings is 2. The molecule has 2 aliphatic rings. The second-order valence-electron chi connectivity index (χ2n) is 11.1. The lowest BCUT2D eigenvalue weighted by Crippen LogP contribution is -2.28. The fourth-order valence-electron chi connectivity index (χ4n) is 5.26. The van der Waals surface area contributed by atoms with Gasteiger partial charge in [-0.25, -0.2) is 24.7 Å². The van der Waals surface area contributed by atoms with Crippen molar-refractivity contribution < 1.29 is 19.1 Å². The Morgan fingerprint density at radius 1 is 0.898 bits per heavy atom. The molecule has 1 atom stereocenters. The van der Waals surface area contributed by atoms with Crippen LogP contribution in [0.4, 0.5) is 23.3 Å². The normalized spacial score (nSPS) is 13.3. The minimum absolute atomic E-state index is 0.0933. The maximum Gasteiger partial charge on any atom is 0.328 e. The zero-order valence-electron chi connectivity index (χ0n) is 26.3.